The highest BCUT2D eigenvalue weighted by atomic mass is 19.4. The van der Waals surface area contributed by atoms with Crippen LogP contribution < -0.4 is 0 Å². The lowest BCUT2D eigenvalue weighted by molar-refractivity contribution is -0.146. The Bertz CT molecular complexity index is 1050. The fraction of sp³-hybridized carbons (Fsp3) is 0.360. The Hall–Kier alpha value is -2.93. The molecule has 0 radical (unpaired) electrons. The van der Waals surface area contributed by atoms with Gasteiger partial charge < -0.3 is 9.84 Å². The average molecular weight is 445 g/mol. The number of aliphatic hydroxyl groups excluding tert-OH is 1. The number of aliphatic hydroxyl groups is 1. The van der Waals surface area contributed by atoms with Crippen LogP contribution in [0.1, 0.15) is 43.7 Å². The second-order valence-electron chi connectivity index (χ2n) is 7.75. The molecule has 0 saturated carbocycles. The number of aryl methyl sites for hydroxylation is 1. The Kier molecular flexibility index (Phi) is 7.85. The monoisotopic (exact) mass is 445 g/mol. The highest BCUT2D eigenvalue weighted by molar-refractivity contribution is 5.84. The number of halogens is 3. The average Bonchev–Trinajstić information content (AvgIpc) is 2.79. The SMILES string of the molecule is CCCCC(=O)OC[C@@H](O)CCc1cc2cc(C(F)(F)F)ccc2nc1-c1ccccc1. The Morgan fingerprint density at radius 2 is 1.88 bits per heavy atom. The van der Waals surface area contributed by atoms with Crippen LogP contribution in [0.3, 0.4) is 0 Å². The van der Waals surface area contributed by atoms with E-state index in [-0.39, 0.29) is 19.0 Å². The van der Waals surface area contributed by atoms with Crippen LogP contribution in [0.2, 0.25) is 0 Å². The van der Waals surface area contributed by atoms with Gasteiger partial charge in [-0.1, -0.05) is 43.7 Å². The number of fused-ring (bicyclic) bond motifs is 1. The first kappa shape index (κ1) is 23.7. The summed E-state index contributed by atoms with van der Waals surface area (Å²) in [6.07, 6.45) is -2.73. The van der Waals surface area contributed by atoms with Crippen molar-refractivity contribution in [1.82, 2.24) is 4.98 Å². The Morgan fingerprint density at radius 1 is 1.12 bits per heavy atom. The van der Waals surface area contributed by atoms with E-state index >= 15 is 0 Å². The highest BCUT2D eigenvalue weighted by Crippen LogP contribution is 2.33. The molecule has 0 spiro atoms. The maximum Gasteiger partial charge on any atom is 0.416 e. The molecule has 1 atom stereocenters. The maximum absolute atomic E-state index is 13.1. The third kappa shape index (κ3) is 6.29. The number of benzene rings is 2. The number of esters is 1. The largest absolute Gasteiger partial charge is 0.463 e. The standard InChI is InChI=1S/C25H26F3NO3/c1-2-3-9-23(31)32-16-21(30)12-10-18-14-19-15-20(25(26,27)28)11-13-22(19)29-24(18)17-7-5-4-6-8-17/h4-8,11,13-15,21,30H,2-3,9-10,12,16H2,1H3/t21-/m0/s1. The van der Waals surface area contributed by atoms with E-state index in [0.29, 0.717) is 29.4 Å². The number of ether oxygens (including phenoxy) is 1. The van der Waals surface area contributed by atoms with Crippen molar-refractivity contribution in [3.05, 3.63) is 65.7 Å². The van der Waals surface area contributed by atoms with Crippen molar-refractivity contribution in [2.45, 2.75) is 51.3 Å². The minimum atomic E-state index is -4.44. The quantitative estimate of drug-likeness (QED) is 0.414. The van der Waals surface area contributed by atoms with E-state index in [1.165, 1.54) is 6.07 Å². The van der Waals surface area contributed by atoms with Gasteiger partial charge in [-0.15, -0.1) is 0 Å². The van der Waals surface area contributed by atoms with Crippen molar-refractivity contribution in [2.75, 3.05) is 6.61 Å². The van der Waals surface area contributed by atoms with E-state index in [1.54, 1.807) is 6.07 Å². The molecule has 0 fully saturated rings. The number of aromatic nitrogens is 1. The molecule has 0 saturated heterocycles. The summed E-state index contributed by atoms with van der Waals surface area (Å²) in [5.41, 5.74) is 1.95. The minimum Gasteiger partial charge on any atom is -0.463 e. The number of hydrogen-bond donors (Lipinski definition) is 1. The zero-order valence-corrected chi connectivity index (χ0v) is 17.9. The molecule has 1 N–H and O–H groups in total. The second kappa shape index (κ2) is 10.6. The first-order valence-electron chi connectivity index (χ1n) is 10.7. The number of nitrogens with zero attached hydrogens (tertiary/aromatic N) is 1. The Morgan fingerprint density at radius 3 is 2.56 bits per heavy atom. The molecule has 0 amide bonds. The Labute approximate surface area is 185 Å². The number of pyridine rings is 1. The van der Waals surface area contributed by atoms with Crippen LogP contribution in [-0.2, 0) is 22.1 Å². The highest BCUT2D eigenvalue weighted by Gasteiger charge is 2.30. The summed E-state index contributed by atoms with van der Waals surface area (Å²) in [4.78, 5) is 16.3. The molecule has 3 aromatic rings. The molecule has 7 heteroatoms. The third-order valence-electron chi connectivity index (χ3n) is 5.19. The van der Waals surface area contributed by atoms with Crippen LogP contribution in [0, 0.1) is 0 Å². The van der Waals surface area contributed by atoms with Gasteiger partial charge in [-0.05, 0) is 49.1 Å². The van der Waals surface area contributed by atoms with Crippen molar-refractivity contribution in [3.8, 4) is 11.3 Å². The maximum atomic E-state index is 13.1. The normalized spacial score (nSPS) is 12.7. The van der Waals surface area contributed by atoms with Crippen LogP contribution in [0.25, 0.3) is 22.2 Å². The molecule has 0 unspecified atom stereocenters. The zero-order chi connectivity index (χ0) is 23.1. The molecule has 0 aliphatic heterocycles. The first-order valence-corrected chi connectivity index (χ1v) is 10.7. The second-order valence-corrected chi connectivity index (χ2v) is 7.75. The van der Waals surface area contributed by atoms with Gasteiger partial charge in [-0.2, -0.15) is 13.2 Å². The van der Waals surface area contributed by atoms with Gasteiger partial charge in [-0.25, -0.2) is 4.98 Å². The van der Waals surface area contributed by atoms with Crippen molar-refractivity contribution < 1.29 is 27.8 Å². The van der Waals surface area contributed by atoms with Gasteiger partial charge in [-0.3, -0.25) is 4.79 Å². The molecular weight excluding hydrogens is 419 g/mol. The number of alkyl halides is 3. The van der Waals surface area contributed by atoms with Crippen LogP contribution in [0.4, 0.5) is 13.2 Å². The van der Waals surface area contributed by atoms with Crippen molar-refractivity contribution in [3.63, 3.8) is 0 Å². The predicted molar refractivity (Wildman–Crippen MR) is 117 cm³/mol. The summed E-state index contributed by atoms with van der Waals surface area (Å²) in [7, 11) is 0. The van der Waals surface area contributed by atoms with Gasteiger partial charge in [0, 0.05) is 17.4 Å². The van der Waals surface area contributed by atoms with E-state index in [0.717, 1.165) is 36.1 Å². The fourth-order valence-electron chi connectivity index (χ4n) is 3.42. The lowest BCUT2D eigenvalue weighted by atomic mass is 9.98. The molecule has 4 nitrogen and oxygen atoms in total. The van der Waals surface area contributed by atoms with Crippen molar-refractivity contribution in [1.29, 1.82) is 0 Å². The molecule has 0 aliphatic rings. The van der Waals surface area contributed by atoms with Crippen LogP contribution in [-0.4, -0.2) is 28.8 Å². The van der Waals surface area contributed by atoms with Crippen molar-refractivity contribution >= 4 is 16.9 Å². The van der Waals surface area contributed by atoms with Gasteiger partial charge in [0.15, 0.2) is 0 Å². The lowest BCUT2D eigenvalue weighted by Gasteiger charge is -2.15. The summed E-state index contributed by atoms with van der Waals surface area (Å²) in [5, 5.41) is 10.6. The van der Waals surface area contributed by atoms with E-state index in [9.17, 15) is 23.1 Å². The minimum absolute atomic E-state index is 0.109. The molecule has 2 aromatic carbocycles. The Balaban J connectivity index is 1.83. The summed E-state index contributed by atoms with van der Waals surface area (Å²) in [5.74, 6) is -0.345. The number of unbranched alkanes of at least 4 members (excludes halogenated alkanes) is 1. The lowest BCUT2D eigenvalue weighted by Crippen LogP contribution is -2.19. The van der Waals surface area contributed by atoms with Gasteiger partial charge in [0.25, 0.3) is 0 Å². The first-order chi connectivity index (χ1) is 15.3. The molecule has 0 aliphatic carbocycles. The topological polar surface area (TPSA) is 59.4 Å². The molecule has 32 heavy (non-hydrogen) atoms. The van der Waals surface area contributed by atoms with Crippen LogP contribution >= 0.6 is 0 Å². The van der Waals surface area contributed by atoms with Crippen molar-refractivity contribution in [2.24, 2.45) is 0 Å². The predicted octanol–water partition coefficient (Wildman–Crippen LogP) is 5.95. The van der Waals surface area contributed by atoms with Crippen LogP contribution in [0.15, 0.2) is 54.6 Å². The molecule has 1 heterocycles. The van der Waals surface area contributed by atoms with E-state index < -0.39 is 17.8 Å². The molecule has 3 rings (SSSR count). The van der Waals surface area contributed by atoms with E-state index in [1.807, 2.05) is 37.3 Å². The van der Waals surface area contributed by atoms with E-state index in [4.69, 9.17) is 4.74 Å². The van der Waals surface area contributed by atoms with Crippen LogP contribution in [0.5, 0.6) is 0 Å². The molecule has 1 aromatic heterocycles. The van der Waals surface area contributed by atoms with Gasteiger partial charge in [0.1, 0.15) is 6.61 Å². The zero-order valence-electron chi connectivity index (χ0n) is 17.9. The summed E-state index contributed by atoms with van der Waals surface area (Å²) < 4.78 is 44.5. The van der Waals surface area contributed by atoms with E-state index in [2.05, 4.69) is 4.98 Å². The molecule has 0 bridgehead atoms. The molecular formula is C25H26F3NO3. The fourth-order valence-corrected chi connectivity index (χ4v) is 3.42. The summed E-state index contributed by atoms with van der Waals surface area (Å²) in [6.45, 7) is 1.87. The van der Waals surface area contributed by atoms with Gasteiger partial charge in [0.05, 0.1) is 22.9 Å². The summed E-state index contributed by atoms with van der Waals surface area (Å²) in [6, 6.07) is 14.5. The van der Waals surface area contributed by atoms with Gasteiger partial charge in [0.2, 0.25) is 0 Å². The number of carbonyl (C=O) groups excluding carboxylic acids is 1. The third-order valence-corrected chi connectivity index (χ3v) is 5.19. The number of rotatable bonds is 9. The number of hydrogen-bond acceptors (Lipinski definition) is 4. The number of carbonyl (C=O) groups is 1. The van der Waals surface area contributed by atoms with Gasteiger partial charge >= 0.3 is 12.1 Å². The smallest absolute Gasteiger partial charge is 0.416 e. The molecule has 170 valence electrons. The summed E-state index contributed by atoms with van der Waals surface area (Å²) >= 11 is 0.